The van der Waals surface area contributed by atoms with Gasteiger partial charge in [-0.2, -0.15) is 0 Å². The van der Waals surface area contributed by atoms with Gasteiger partial charge >= 0.3 is 0 Å². The minimum Gasteiger partial charge on any atom is -0.378 e. The predicted octanol–water partition coefficient (Wildman–Crippen LogP) is 4.56. The van der Waals surface area contributed by atoms with Crippen molar-refractivity contribution in [1.29, 1.82) is 0 Å². The van der Waals surface area contributed by atoms with Crippen molar-refractivity contribution >= 4 is 11.4 Å². The van der Waals surface area contributed by atoms with E-state index < -0.39 is 4.92 Å². The highest BCUT2D eigenvalue weighted by atomic mass is 19.1. The van der Waals surface area contributed by atoms with Crippen LogP contribution >= 0.6 is 0 Å². The molecule has 2 aromatic carbocycles. The third-order valence-corrected chi connectivity index (χ3v) is 4.79. The molecule has 2 aliphatic rings. The molecular formula is C18H15FN2O2. The summed E-state index contributed by atoms with van der Waals surface area (Å²) < 4.78 is 13.6. The number of rotatable bonds is 2. The maximum Gasteiger partial charge on any atom is 0.269 e. The van der Waals surface area contributed by atoms with Gasteiger partial charge in [0.15, 0.2) is 0 Å². The van der Waals surface area contributed by atoms with Crippen LogP contribution < -0.4 is 5.32 Å². The monoisotopic (exact) mass is 310 g/mol. The summed E-state index contributed by atoms with van der Waals surface area (Å²) in [6.07, 6.45) is 5.19. The smallest absolute Gasteiger partial charge is 0.269 e. The van der Waals surface area contributed by atoms with Crippen LogP contribution in [0, 0.1) is 21.8 Å². The molecule has 0 spiro atoms. The Labute approximate surface area is 132 Å². The largest absolute Gasteiger partial charge is 0.378 e. The summed E-state index contributed by atoms with van der Waals surface area (Å²) in [7, 11) is 0. The fourth-order valence-electron chi connectivity index (χ4n) is 3.70. The Morgan fingerprint density at radius 1 is 1.17 bits per heavy atom. The fraction of sp³-hybridized carbons (Fsp3) is 0.222. The van der Waals surface area contributed by atoms with E-state index in [9.17, 15) is 14.5 Å². The van der Waals surface area contributed by atoms with Gasteiger partial charge in [0.1, 0.15) is 5.82 Å². The molecule has 0 amide bonds. The van der Waals surface area contributed by atoms with E-state index in [1.54, 1.807) is 24.3 Å². The van der Waals surface area contributed by atoms with E-state index in [0.29, 0.717) is 5.92 Å². The molecule has 1 N–H and O–H groups in total. The van der Waals surface area contributed by atoms with E-state index in [1.807, 2.05) is 0 Å². The van der Waals surface area contributed by atoms with E-state index >= 15 is 0 Å². The number of non-ortho nitro benzene ring substituents is 1. The normalized spacial score (nSPS) is 24.7. The number of nitrogens with zero attached hydrogens (tertiary/aromatic N) is 1. The third kappa shape index (κ3) is 2.29. The number of benzene rings is 2. The average molecular weight is 310 g/mol. The van der Waals surface area contributed by atoms with Gasteiger partial charge in [-0.15, -0.1) is 0 Å². The molecule has 0 fully saturated rings. The Morgan fingerprint density at radius 2 is 1.96 bits per heavy atom. The Hall–Kier alpha value is -2.69. The van der Waals surface area contributed by atoms with Gasteiger partial charge in [0.05, 0.1) is 11.0 Å². The zero-order valence-electron chi connectivity index (χ0n) is 12.3. The standard InChI is InChI=1S/C18H15FN2O2/c19-12-6-9-17-16(10-12)14-2-1-3-15(14)18(20-17)11-4-7-13(8-5-11)21(22)23/h1-2,4-10,14-15,18,20H,3H2/t14-,15+,18+/m0/s1. The Bertz CT molecular complexity index is 801. The molecule has 1 aliphatic heterocycles. The quantitative estimate of drug-likeness (QED) is 0.502. The molecule has 0 saturated heterocycles. The van der Waals surface area contributed by atoms with Crippen molar-refractivity contribution in [2.45, 2.75) is 18.4 Å². The number of fused-ring (bicyclic) bond motifs is 3. The van der Waals surface area contributed by atoms with Crippen molar-refractivity contribution in [2.75, 3.05) is 5.32 Å². The lowest BCUT2D eigenvalue weighted by Crippen LogP contribution is -2.29. The molecule has 0 unspecified atom stereocenters. The van der Waals surface area contributed by atoms with Gasteiger partial charge in [-0.05, 0) is 41.7 Å². The Morgan fingerprint density at radius 3 is 2.70 bits per heavy atom. The van der Waals surface area contributed by atoms with Gasteiger partial charge in [0.2, 0.25) is 0 Å². The van der Waals surface area contributed by atoms with Crippen LogP contribution in [0.5, 0.6) is 0 Å². The minimum atomic E-state index is -0.393. The molecule has 116 valence electrons. The van der Waals surface area contributed by atoms with Crippen LogP contribution in [0.25, 0.3) is 0 Å². The van der Waals surface area contributed by atoms with Crippen LogP contribution in [-0.2, 0) is 0 Å². The highest BCUT2D eigenvalue weighted by Crippen LogP contribution is 2.49. The van der Waals surface area contributed by atoms with E-state index in [1.165, 1.54) is 18.2 Å². The van der Waals surface area contributed by atoms with Crippen LogP contribution in [0.4, 0.5) is 15.8 Å². The minimum absolute atomic E-state index is 0.0637. The summed E-state index contributed by atoms with van der Waals surface area (Å²) in [6, 6.07) is 11.6. The van der Waals surface area contributed by atoms with Crippen molar-refractivity contribution in [3.05, 3.63) is 81.7 Å². The first kappa shape index (κ1) is 13.9. The van der Waals surface area contributed by atoms with Gasteiger partial charge in [-0.25, -0.2) is 4.39 Å². The zero-order valence-corrected chi connectivity index (χ0v) is 12.3. The van der Waals surface area contributed by atoms with Crippen molar-refractivity contribution < 1.29 is 9.31 Å². The van der Waals surface area contributed by atoms with Crippen molar-refractivity contribution in [3.63, 3.8) is 0 Å². The van der Waals surface area contributed by atoms with E-state index in [4.69, 9.17) is 0 Å². The van der Waals surface area contributed by atoms with Crippen LogP contribution in [-0.4, -0.2) is 4.92 Å². The molecule has 0 aromatic heterocycles. The van der Waals surface area contributed by atoms with Gasteiger partial charge in [-0.3, -0.25) is 10.1 Å². The molecule has 0 bridgehead atoms. The molecule has 4 nitrogen and oxygen atoms in total. The lowest BCUT2D eigenvalue weighted by Gasteiger charge is -2.37. The molecule has 2 aromatic rings. The molecule has 5 heteroatoms. The number of halogens is 1. The SMILES string of the molecule is O=[N+]([O-])c1ccc([C@H]2Nc3ccc(F)cc3[C@H]3C=CC[C@H]32)cc1. The van der Waals surface area contributed by atoms with Crippen LogP contribution in [0.2, 0.25) is 0 Å². The number of hydrogen-bond acceptors (Lipinski definition) is 3. The molecular weight excluding hydrogens is 295 g/mol. The Kier molecular flexibility index (Phi) is 3.15. The van der Waals surface area contributed by atoms with Crippen molar-refractivity contribution in [2.24, 2.45) is 5.92 Å². The first-order chi connectivity index (χ1) is 11.1. The van der Waals surface area contributed by atoms with Crippen molar-refractivity contribution in [3.8, 4) is 0 Å². The first-order valence-corrected chi connectivity index (χ1v) is 7.60. The summed E-state index contributed by atoms with van der Waals surface area (Å²) in [6.45, 7) is 0. The number of allylic oxidation sites excluding steroid dienone is 2. The zero-order chi connectivity index (χ0) is 16.0. The number of anilines is 1. The number of nitro benzene ring substituents is 1. The van der Waals surface area contributed by atoms with Crippen LogP contribution in [0.15, 0.2) is 54.6 Å². The lowest BCUT2D eigenvalue weighted by atomic mass is 9.77. The predicted molar refractivity (Wildman–Crippen MR) is 85.8 cm³/mol. The first-order valence-electron chi connectivity index (χ1n) is 7.60. The highest BCUT2D eigenvalue weighted by molar-refractivity contribution is 5.60. The van der Waals surface area contributed by atoms with E-state index in [-0.39, 0.29) is 23.5 Å². The number of hydrogen-bond donors (Lipinski definition) is 1. The van der Waals surface area contributed by atoms with Gasteiger partial charge < -0.3 is 5.32 Å². The lowest BCUT2D eigenvalue weighted by molar-refractivity contribution is -0.384. The third-order valence-electron chi connectivity index (χ3n) is 4.79. The summed E-state index contributed by atoms with van der Waals surface area (Å²) in [5.41, 5.74) is 3.03. The second-order valence-electron chi connectivity index (χ2n) is 6.06. The van der Waals surface area contributed by atoms with Crippen LogP contribution in [0.1, 0.15) is 29.5 Å². The van der Waals surface area contributed by atoms with Gasteiger partial charge in [0, 0.05) is 23.7 Å². The number of nitro groups is 1. The van der Waals surface area contributed by atoms with Crippen LogP contribution in [0.3, 0.4) is 0 Å². The molecule has 1 heterocycles. The molecule has 3 atom stereocenters. The van der Waals surface area contributed by atoms with Gasteiger partial charge in [-0.1, -0.05) is 24.3 Å². The maximum absolute atomic E-state index is 13.6. The summed E-state index contributed by atoms with van der Waals surface area (Å²) in [5, 5.41) is 14.3. The second kappa shape index (κ2) is 5.19. The molecule has 0 saturated carbocycles. The Balaban J connectivity index is 1.73. The summed E-state index contributed by atoms with van der Waals surface area (Å²) >= 11 is 0. The fourth-order valence-corrected chi connectivity index (χ4v) is 3.70. The number of nitrogens with one attached hydrogen (secondary N) is 1. The van der Waals surface area contributed by atoms with Crippen molar-refractivity contribution in [1.82, 2.24) is 0 Å². The average Bonchev–Trinajstić information content (AvgIpc) is 3.04. The van der Waals surface area contributed by atoms with E-state index in [0.717, 1.165) is 23.2 Å². The maximum atomic E-state index is 13.6. The summed E-state index contributed by atoms with van der Waals surface area (Å²) in [4.78, 5) is 10.4. The molecule has 23 heavy (non-hydrogen) atoms. The molecule has 1 aliphatic carbocycles. The summed E-state index contributed by atoms with van der Waals surface area (Å²) in [5.74, 6) is 0.256. The molecule has 0 radical (unpaired) electrons. The molecule has 4 rings (SSSR count). The van der Waals surface area contributed by atoms with E-state index in [2.05, 4.69) is 17.5 Å². The van der Waals surface area contributed by atoms with Gasteiger partial charge in [0.25, 0.3) is 5.69 Å². The topological polar surface area (TPSA) is 55.2 Å². The second-order valence-corrected chi connectivity index (χ2v) is 6.06. The highest BCUT2D eigenvalue weighted by Gasteiger charge is 2.38.